The van der Waals surface area contributed by atoms with E-state index in [2.05, 4.69) is 32.3 Å². The van der Waals surface area contributed by atoms with E-state index in [0.29, 0.717) is 11.3 Å². The van der Waals surface area contributed by atoms with Crippen molar-refractivity contribution in [3.05, 3.63) is 41.5 Å². The molecule has 0 fully saturated rings. The summed E-state index contributed by atoms with van der Waals surface area (Å²) in [6.45, 7) is 6.22. The molecule has 0 radical (unpaired) electrons. The largest absolute Gasteiger partial charge is 0.325 e. The standard InChI is InChI=1S/C19H25N5O2/c1-4-17-22-23-18-9-8-16(11-24(17)18)20-12(2)19(26)21-15-7-5-6-14(10-15)13(3)25/h5-7,10,12,16,20H,4,8-9,11H2,1-3H3,(H,21,26). The van der Waals surface area contributed by atoms with Crippen LogP contribution in [0.4, 0.5) is 5.69 Å². The molecule has 1 aromatic carbocycles. The highest BCUT2D eigenvalue weighted by Gasteiger charge is 2.25. The fraction of sp³-hybridized carbons (Fsp3) is 0.474. The summed E-state index contributed by atoms with van der Waals surface area (Å²) in [5.74, 6) is 1.88. The molecule has 7 heteroatoms. The number of fused-ring (bicyclic) bond motifs is 1. The molecule has 2 N–H and O–H groups in total. The van der Waals surface area contributed by atoms with Crippen molar-refractivity contribution in [3.8, 4) is 0 Å². The lowest BCUT2D eigenvalue weighted by Gasteiger charge is -2.27. The summed E-state index contributed by atoms with van der Waals surface area (Å²) in [6.07, 6.45) is 2.64. The molecule has 3 rings (SSSR count). The van der Waals surface area contributed by atoms with Gasteiger partial charge < -0.3 is 15.2 Å². The molecule has 0 aliphatic carbocycles. The second kappa shape index (κ2) is 7.78. The molecule has 2 heterocycles. The maximum Gasteiger partial charge on any atom is 0.241 e. The molecule has 1 aliphatic rings. The molecule has 7 nitrogen and oxygen atoms in total. The van der Waals surface area contributed by atoms with E-state index in [-0.39, 0.29) is 23.8 Å². The van der Waals surface area contributed by atoms with Crippen LogP contribution in [0.1, 0.15) is 49.2 Å². The summed E-state index contributed by atoms with van der Waals surface area (Å²) in [4.78, 5) is 24.0. The minimum atomic E-state index is -0.343. The van der Waals surface area contributed by atoms with Crippen molar-refractivity contribution in [3.63, 3.8) is 0 Å². The van der Waals surface area contributed by atoms with Gasteiger partial charge >= 0.3 is 0 Å². The topological polar surface area (TPSA) is 88.9 Å². The smallest absolute Gasteiger partial charge is 0.241 e. The van der Waals surface area contributed by atoms with Crippen LogP contribution >= 0.6 is 0 Å². The van der Waals surface area contributed by atoms with Crippen LogP contribution in [0, 0.1) is 0 Å². The molecule has 0 saturated heterocycles. The summed E-state index contributed by atoms with van der Waals surface area (Å²) in [7, 11) is 0. The minimum absolute atomic E-state index is 0.0223. The first-order valence-corrected chi connectivity index (χ1v) is 9.06. The predicted molar refractivity (Wildman–Crippen MR) is 99.2 cm³/mol. The number of hydrogen-bond donors (Lipinski definition) is 2. The number of benzene rings is 1. The van der Waals surface area contributed by atoms with Crippen LogP contribution in [-0.4, -0.2) is 38.5 Å². The van der Waals surface area contributed by atoms with Gasteiger partial charge in [-0.25, -0.2) is 0 Å². The number of nitrogens with one attached hydrogen (secondary N) is 2. The van der Waals surface area contributed by atoms with E-state index in [1.807, 2.05) is 6.92 Å². The quantitative estimate of drug-likeness (QED) is 0.774. The van der Waals surface area contributed by atoms with Gasteiger partial charge in [-0.15, -0.1) is 10.2 Å². The highest BCUT2D eigenvalue weighted by atomic mass is 16.2. The van der Waals surface area contributed by atoms with Gasteiger partial charge in [0.05, 0.1) is 6.04 Å². The molecule has 1 aromatic heterocycles. The second-order valence-electron chi connectivity index (χ2n) is 6.75. The van der Waals surface area contributed by atoms with Crippen molar-refractivity contribution >= 4 is 17.4 Å². The zero-order valence-electron chi connectivity index (χ0n) is 15.5. The number of anilines is 1. The van der Waals surface area contributed by atoms with E-state index in [4.69, 9.17) is 0 Å². The van der Waals surface area contributed by atoms with Gasteiger partial charge in [0.1, 0.15) is 11.6 Å². The van der Waals surface area contributed by atoms with Gasteiger partial charge in [0.15, 0.2) is 5.78 Å². The van der Waals surface area contributed by atoms with Crippen LogP contribution in [0.25, 0.3) is 0 Å². The average molecular weight is 355 g/mol. The zero-order valence-corrected chi connectivity index (χ0v) is 15.5. The molecule has 0 bridgehead atoms. The van der Waals surface area contributed by atoms with Crippen molar-refractivity contribution in [2.45, 2.75) is 58.7 Å². The summed E-state index contributed by atoms with van der Waals surface area (Å²) < 4.78 is 2.15. The van der Waals surface area contributed by atoms with Crippen molar-refractivity contribution in [1.82, 2.24) is 20.1 Å². The highest BCUT2D eigenvalue weighted by molar-refractivity contribution is 5.98. The Balaban J connectivity index is 1.59. The number of amides is 1. The number of rotatable bonds is 6. The number of carbonyl (C=O) groups excluding carboxylic acids is 2. The number of aromatic nitrogens is 3. The normalized spacial score (nSPS) is 17.4. The third-order valence-electron chi connectivity index (χ3n) is 4.76. The Morgan fingerprint density at radius 3 is 2.88 bits per heavy atom. The predicted octanol–water partition coefficient (Wildman–Crippen LogP) is 1.97. The molecule has 2 unspecified atom stereocenters. The Hall–Kier alpha value is -2.54. The highest BCUT2D eigenvalue weighted by Crippen LogP contribution is 2.16. The molecule has 0 spiro atoms. The van der Waals surface area contributed by atoms with E-state index in [1.54, 1.807) is 24.3 Å². The van der Waals surface area contributed by atoms with Crippen LogP contribution < -0.4 is 10.6 Å². The second-order valence-corrected chi connectivity index (χ2v) is 6.75. The lowest BCUT2D eigenvalue weighted by atomic mass is 10.1. The zero-order chi connectivity index (χ0) is 18.7. The van der Waals surface area contributed by atoms with Gasteiger partial charge in [0, 0.05) is 36.7 Å². The van der Waals surface area contributed by atoms with Gasteiger partial charge in [-0.3, -0.25) is 9.59 Å². The number of hydrogen-bond acceptors (Lipinski definition) is 5. The Morgan fingerprint density at radius 2 is 2.15 bits per heavy atom. The molecule has 1 aliphatic heterocycles. The molecule has 0 saturated carbocycles. The lowest BCUT2D eigenvalue weighted by molar-refractivity contribution is -0.118. The molecule has 138 valence electrons. The summed E-state index contributed by atoms with van der Waals surface area (Å²) >= 11 is 0. The van der Waals surface area contributed by atoms with Crippen molar-refractivity contribution in [2.24, 2.45) is 0 Å². The molecule has 2 aromatic rings. The monoisotopic (exact) mass is 355 g/mol. The van der Waals surface area contributed by atoms with Crippen molar-refractivity contribution in [1.29, 1.82) is 0 Å². The van der Waals surface area contributed by atoms with E-state index in [9.17, 15) is 9.59 Å². The molecule has 2 atom stereocenters. The summed E-state index contributed by atoms with van der Waals surface area (Å²) in [5, 5.41) is 14.7. The van der Waals surface area contributed by atoms with E-state index in [0.717, 1.165) is 37.5 Å². The van der Waals surface area contributed by atoms with E-state index in [1.165, 1.54) is 6.92 Å². The van der Waals surface area contributed by atoms with E-state index >= 15 is 0 Å². The minimum Gasteiger partial charge on any atom is -0.325 e. The molecule has 26 heavy (non-hydrogen) atoms. The number of nitrogens with zero attached hydrogens (tertiary/aromatic N) is 3. The fourth-order valence-electron chi connectivity index (χ4n) is 3.28. The summed E-state index contributed by atoms with van der Waals surface area (Å²) in [5.41, 5.74) is 1.22. The Kier molecular flexibility index (Phi) is 5.46. The first-order chi connectivity index (χ1) is 12.5. The van der Waals surface area contributed by atoms with Gasteiger partial charge in [0.25, 0.3) is 0 Å². The Bertz CT molecular complexity index is 801. The van der Waals surface area contributed by atoms with Crippen molar-refractivity contribution < 1.29 is 9.59 Å². The van der Waals surface area contributed by atoms with E-state index < -0.39 is 0 Å². The number of ketones is 1. The third-order valence-corrected chi connectivity index (χ3v) is 4.76. The number of aryl methyl sites for hydroxylation is 2. The maximum absolute atomic E-state index is 12.5. The molecular formula is C19H25N5O2. The van der Waals surface area contributed by atoms with Gasteiger partial charge in [-0.05, 0) is 32.4 Å². The van der Waals surface area contributed by atoms with Crippen molar-refractivity contribution in [2.75, 3.05) is 5.32 Å². The summed E-state index contributed by atoms with van der Waals surface area (Å²) in [6, 6.07) is 6.85. The number of Topliss-reactive ketones (excluding diaryl/α,β-unsaturated/α-hetero) is 1. The maximum atomic E-state index is 12.5. The molecular weight excluding hydrogens is 330 g/mol. The van der Waals surface area contributed by atoms with Crippen LogP contribution in [0.15, 0.2) is 24.3 Å². The van der Waals surface area contributed by atoms with Crippen LogP contribution in [0.2, 0.25) is 0 Å². The number of carbonyl (C=O) groups is 2. The Labute approximate surface area is 153 Å². The third kappa shape index (κ3) is 3.99. The van der Waals surface area contributed by atoms with Gasteiger partial charge in [0.2, 0.25) is 5.91 Å². The Morgan fingerprint density at radius 1 is 1.35 bits per heavy atom. The lowest BCUT2D eigenvalue weighted by Crippen LogP contribution is -2.47. The SMILES string of the molecule is CCc1nnc2n1CC(NC(C)C(=O)Nc1cccc(C(C)=O)c1)CC2. The first-order valence-electron chi connectivity index (χ1n) is 9.06. The fourth-order valence-corrected chi connectivity index (χ4v) is 3.28. The van der Waals surface area contributed by atoms with Crippen LogP contribution in [-0.2, 0) is 24.2 Å². The van der Waals surface area contributed by atoms with Gasteiger partial charge in [-0.2, -0.15) is 0 Å². The van der Waals surface area contributed by atoms with Gasteiger partial charge in [-0.1, -0.05) is 19.1 Å². The average Bonchev–Trinajstić information content (AvgIpc) is 3.04. The molecule has 1 amide bonds. The first kappa shape index (κ1) is 18.3. The van der Waals surface area contributed by atoms with Crippen LogP contribution in [0.5, 0.6) is 0 Å². The van der Waals surface area contributed by atoms with Crippen LogP contribution in [0.3, 0.4) is 0 Å².